The van der Waals surface area contributed by atoms with E-state index >= 15 is 0 Å². The molecule has 2 heteroatoms. The van der Waals surface area contributed by atoms with E-state index in [-0.39, 0.29) is 6.04 Å². The van der Waals surface area contributed by atoms with Gasteiger partial charge in [0.1, 0.15) is 0 Å². The van der Waals surface area contributed by atoms with Gasteiger partial charge in [-0.1, -0.05) is 0 Å². The fourth-order valence-electron chi connectivity index (χ4n) is 0.450. The van der Waals surface area contributed by atoms with Crippen molar-refractivity contribution in [3.05, 3.63) is 12.2 Å². The summed E-state index contributed by atoms with van der Waals surface area (Å²) in [6, 6.07) is 0.264. The van der Waals surface area contributed by atoms with Crippen LogP contribution in [-0.2, 0) is 0 Å². The van der Waals surface area contributed by atoms with Crippen LogP contribution in [-0.4, -0.2) is 14.4 Å². The van der Waals surface area contributed by atoms with E-state index < -0.39 is 0 Å². The van der Waals surface area contributed by atoms with Crippen molar-refractivity contribution in [2.75, 3.05) is 4.43 Å². The van der Waals surface area contributed by atoms with Gasteiger partial charge in [-0.3, -0.25) is 0 Å². The van der Waals surface area contributed by atoms with Crippen molar-refractivity contribution in [1.29, 1.82) is 0 Å². The third-order valence-corrected chi connectivity index (χ3v) is 3.27. The molecule has 1 saturated heterocycles. The molecule has 1 aliphatic rings. The van der Waals surface area contributed by atoms with Gasteiger partial charge in [0.15, 0.2) is 0 Å². The Hall–Kier alpha value is 0.430. The molecule has 0 aliphatic carbocycles. The van der Waals surface area contributed by atoms with Crippen molar-refractivity contribution in [3.8, 4) is 0 Å². The summed E-state index contributed by atoms with van der Waals surface area (Å²) in [6.45, 7) is 2.01. The maximum atomic E-state index is 5.49. The molecule has 0 amide bonds. The van der Waals surface area contributed by atoms with Gasteiger partial charge in [0.25, 0.3) is 0 Å². The number of alkyl halides is 2. The second kappa shape index (κ2) is 2.82. The fourth-order valence-corrected chi connectivity index (χ4v) is 1.57. The first-order chi connectivity index (χ1) is 3.79. The third-order valence-electron chi connectivity index (χ3n) is 0.956. The van der Waals surface area contributed by atoms with Crippen LogP contribution in [0.4, 0.5) is 0 Å². The van der Waals surface area contributed by atoms with Crippen LogP contribution in [0.5, 0.6) is 0 Å². The predicted octanol–water partition coefficient (Wildman–Crippen LogP) is -2.64. The van der Waals surface area contributed by atoms with Gasteiger partial charge < -0.3 is 0 Å². The topological polar surface area (TPSA) is 26.0 Å². The number of allylic oxidation sites excluding steroid dienone is 1. The van der Waals surface area contributed by atoms with Crippen LogP contribution in [0.15, 0.2) is 12.2 Å². The van der Waals surface area contributed by atoms with E-state index in [1.807, 2.05) is 6.92 Å². The first-order valence-corrected chi connectivity index (χ1v) is 5.58. The molecule has 0 bridgehead atoms. The summed E-state index contributed by atoms with van der Waals surface area (Å²) >= 11 is 0.600. The first kappa shape index (κ1) is 6.55. The van der Waals surface area contributed by atoms with Crippen LogP contribution < -0.4 is 26.9 Å². The van der Waals surface area contributed by atoms with E-state index in [1.54, 1.807) is 0 Å². The molecule has 0 aromatic heterocycles. The van der Waals surface area contributed by atoms with Gasteiger partial charge in [-0.05, 0) is 0 Å². The summed E-state index contributed by atoms with van der Waals surface area (Å²) in [5.74, 6) is 0. The SMILES string of the molecule is CC(N)C=CC1C[I-]1. The van der Waals surface area contributed by atoms with Crippen molar-refractivity contribution in [1.82, 2.24) is 0 Å². The number of nitrogens with two attached hydrogens (primary N) is 1. The summed E-state index contributed by atoms with van der Waals surface area (Å²) in [4.78, 5) is 0. The molecule has 1 heterocycles. The Kier molecular flexibility index (Phi) is 2.31. The third kappa shape index (κ3) is 2.67. The summed E-state index contributed by atoms with van der Waals surface area (Å²) < 4.78 is 2.47. The molecule has 8 heavy (non-hydrogen) atoms. The molecule has 2 atom stereocenters. The first-order valence-electron chi connectivity index (χ1n) is 2.80. The maximum absolute atomic E-state index is 5.49. The number of halogens is 1. The van der Waals surface area contributed by atoms with Gasteiger partial charge in [0.05, 0.1) is 0 Å². The molecule has 0 aromatic carbocycles. The quantitative estimate of drug-likeness (QED) is 0.310. The number of hydrogen-bond acceptors (Lipinski definition) is 1. The summed E-state index contributed by atoms with van der Waals surface area (Å²) in [6.07, 6.45) is 4.38. The van der Waals surface area contributed by atoms with E-state index in [1.165, 1.54) is 4.43 Å². The number of rotatable bonds is 2. The average Bonchev–Trinajstić information content (AvgIpc) is 2.41. The summed E-state index contributed by atoms with van der Waals surface area (Å²) in [5, 5.41) is 0. The molecule has 2 N–H and O–H groups in total. The molecule has 1 nitrogen and oxygen atoms in total. The van der Waals surface area contributed by atoms with Crippen LogP contribution in [0.3, 0.4) is 0 Å². The van der Waals surface area contributed by atoms with Crippen molar-refractivity contribution < 1.29 is 21.2 Å². The average molecular weight is 224 g/mol. The van der Waals surface area contributed by atoms with E-state index in [4.69, 9.17) is 5.73 Å². The molecular weight excluding hydrogens is 213 g/mol. The molecule has 1 fully saturated rings. The summed E-state index contributed by atoms with van der Waals surface area (Å²) in [7, 11) is 0. The van der Waals surface area contributed by atoms with E-state index in [9.17, 15) is 0 Å². The molecule has 0 spiro atoms. The zero-order valence-electron chi connectivity index (χ0n) is 4.97. The Bertz CT molecular complexity index is 90.7. The van der Waals surface area contributed by atoms with E-state index in [0.29, 0.717) is 21.2 Å². The van der Waals surface area contributed by atoms with Crippen molar-refractivity contribution >= 4 is 0 Å². The minimum absolute atomic E-state index is 0.264. The van der Waals surface area contributed by atoms with Crippen LogP contribution in [0.2, 0.25) is 0 Å². The Morgan fingerprint density at radius 3 is 2.88 bits per heavy atom. The van der Waals surface area contributed by atoms with Crippen LogP contribution in [0.1, 0.15) is 6.92 Å². The number of hydrogen-bond donors (Lipinski definition) is 1. The van der Waals surface area contributed by atoms with Gasteiger partial charge in [0.2, 0.25) is 0 Å². The molecule has 0 saturated carbocycles. The Balaban J connectivity index is 2.13. The fraction of sp³-hybridized carbons (Fsp3) is 0.667. The second-order valence-corrected chi connectivity index (χ2v) is 5.43. The minimum atomic E-state index is 0.264. The normalized spacial score (nSPS) is 32.0. The Morgan fingerprint density at radius 2 is 2.50 bits per heavy atom. The van der Waals surface area contributed by atoms with Crippen molar-refractivity contribution in [2.45, 2.75) is 16.9 Å². The van der Waals surface area contributed by atoms with Crippen molar-refractivity contribution in [3.63, 3.8) is 0 Å². The van der Waals surface area contributed by atoms with Gasteiger partial charge in [0, 0.05) is 0 Å². The predicted molar refractivity (Wildman–Crippen MR) is 31.4 cm³/mol. The molecule has 1 aliphatic heterocycles. The Labute approximate surface area is 60.6 Å². The van der Waals surface area contributed by atoms with Gasteiger partial charge in [-0.15, -0.1) is 0 Å². The van der Waals surface area contributed by atoms with Gasteiger partial charge in [-0.25, -0.2) is 0 Å². The van der Waals surface area contributed by atoms with Crippen LogP contribution in [0.25, 0.3) is 0 Å². The molecular formula is C6H11IN-. The molecule has 0 aromatic rings. The standard InChI is InChI=1S/C6H11IN/c1-5(8)2-3-6-4-7-6/h2-3,5-6H,4,8H2,1H3/q-1. The Morgan fingerprint density at radius 1 is 1.88 bits per heavy atom. The van der Waals surface area contributed by atoms with Gasteiger partial charge in [-0.2, -0.15) is 0 Å². The van der Waals surface area contributed by atoms with Crippen LogP contribution in [0, 0.1) is 0 Å². The van der Waals surface area contributed by atoms with E-state index in [2.05, 4.69) is 12.2 Å². The van der Waals surface area contributed by atoms with Crippen molar-refractivity contribution in [2.24, 2.45) is 5.73 Å². The van der Waals surface area contributed by atoms with Crippen LogP contribution >= 0.6 is 0 Å². The second-order valence-electron chi connectivity index (χ2n) is 2.07. The zero-order valence-corrected chi connectivity index (χ0v) is 7.13. The molecule has 2 unspecified atom stereocenters. The molecule has 1 rings (SSSR count). The zero-order chi connectivity index (χ0) is 5.98. The summed E-state index contributed by atoms with van der Waals surface area (Å²) in [5.41, 5.74) is 5.49. The van der Waals surface area contributed by atoms with E-state index in [0.717, 1.165) is 3.92 Å². The molecule has 48 valence electrons. The monoisotopic (exact) mass is 224 g/mol. The van der Waals surface area contributed by atoms with Gasteiger partial charge >= 0.3 is 60.4 Å². The molecule has 0 radical (unpaired) electrons.